The Balaban J connectivity index is 1.72. The number of halogens is 2. The van der Waals surface area contributed by atoms with Crippen LogP contribution in [0, 0.1) is 29.8 Å². The number of fused-ring (bicyclic) bond motifs is 1. The first-order valence-corrected chi connectivity index (χ1v) is 9.47. The maximum absolute atomic E-state index is 13.3. The summed E-state index contributed by atoms with van der Waals surface area (Å²) in [4.78, 5) is 35.0. The second-order valence-corrected chi connectivity index (χ2v) is 7.65. The van der Waals surface area contributed by atoms with Crippen molar-refractivity contribution in [3.8, 4) is 0 Å². The molecule has 0 saturated carbocycles. The summed E-state index contributed by atoms with van der Waals surface area (Å²) in [6.45, 7) is 2.80. The Morgan fingerprint density at radius 1 is 1.24 bits per heavy atom. The Labute approximate surface area is 173 Å². The number of amides is 1. The number of anilines is 1. The largest absolute Gasteiger partial charge is 0.451 e. The van der Waals surface area contributed by atoms with Crippen LogP contribution < -0.4 is 5.32 Å². The van der Waals surface area contributed by atoms with Crippen LogP contribution in [0.1, 0.15) is 20.8 Å². The van der Waals surface area contributed by atoms with Gasteiger partial charge in [0, 0.05) is 16.2 Å². The molecule has 7 nitrogen and oxygen atoms in total. The number of benzene rings is 2. The van der Waals surface area contributed by atoms with Gasteiger partial charge in [0.1, 0.15) is 16.4 Å². The average Bonchev–Trinajstić information content (AvgIpc) is 2.98. The van der Waals surface area contributed by atoms with E-state index in [1.54, 1.807) is 13.8 Å². The van der Waals surface area contributed by atoms with Crippen molar-refractivity contribution < 1.29 is 23.6 Å². The number of nitrogens with one attached hydrogen (secondary N) is 1. The van der Waals surface area contributed by atoms with Gasteiger partial charge in [-0.1, -0.05) is 11.6 Å². The molecular weight excluding hydrogens is 423 g/mol. The first-order chi connectivity index (χ1) is 13.7. The number of hydrogen-bond donors (Lipinski definition) is 1. The standard InChI is InChI=1S/C19H14ClFN2O5S/c1-9-5-13(14(23(26)27)6-10(9)2)22-16(24)8-28-19(25)18-17(20)12-4-3-11(21)7-15(12)29-18/h3-7H,8H2,1-2H3,(H,22,24). The zero-order chi connectivity index (χ0) is 21.3. The minimum atomic E-state index is -0.846. The lowest BCUT2D eigenvalue weighted by atomic mass is 10.1. The molecule has 3 rings (SSSR count). The van der Waals surface area contributed by atoms with Gasteiger partial charge in [0.2, 0.25) is 0 Å². The summed E-state index contributed by atoms with van der Waals surface area (Å²) in [6.07, 6.45) is 0. The highest BCUT2D eigenvalue weighted by molar-refractivity contribution is 7.21. The molecule has 0 radical (unpaired) electrons. The fraction of sp³-hybridized carbons (Fsp3) is 0.158. The molecule has 1 N–H and O–H groups in total. The van der Waals surface area contributed by atoms with Crippen LogP contribution in [-0.2, 0) is 9.53 Å². The van der Waals surface area contributed by atoms with E-state index in [-0.39, 0.29) is 21.3 Å². The highest BCUT2D eigenvalue weighted by Crippen LogP contribution is 2.36. The Hall–Kier alpha value is -3.04. The van der Waals surface area contributed by atoms with E-state index in [1.165, 1.54) is 30.3 Å². The molecule has 0 aliphatic rings. The van der Waals surface area contributed by atoms with Crippen LogP contribution in [0.2, 0.25) is 5.02 Å². The molecule has 0 fully saturated rings. The normalized spacial score (nSPS) is 10.8. The molecule has 0 unspecified atom stereocenters. The molecule has 1 heterocycles. The van der Waals surface area contributed by atoms with E-state index in [4.69, 9.17) is 16.3 Å². The number of carbonyl (C=O) groups excluding carboxylic acids is 2. The number of hydrogen-bond acceptors (Lipinski definition) is 6. The zero-order valence-electron chi connectivity index (χ0n) is 15.2. The fourth-order valence-corrected chi connectivity index (χ4v) is 4.03. The van der Waals surface area contributed by atoms with Crippen LogP contribution in [0.4, 0.5) is 15.8 Å². The van der Waals surface area contributed by atoms with Gasteiger partial charge in [0.25, 0.3) is 11.6 Å². The van der Waals surface area contributed by atoms with Gasteiger partial charge in [-0.3, -0.25) is 14.9 Å². The first-order valence-electron chi connectivity index (χ1n) is 8.27. The third kappa shape index (κ3) is 4.36. The van der Waals surface area contributed by atoms with Crippen molar-refractivity contribution in [1.82, 2.24) is 0 Å². The van der Waals surface area contributed by atoms with Crippen molar-refractivity contribution in [3.05, 3.63) is 67.3 Å². The summed E-state index contributed by atoms with van der Waals surface area (Å²) in [5.41, 5.74) is 1.21. The summed E-state index contributed by atoms with van der Waals surface area (Å²) >= 11 is 7.09. The summed E-state index contributed by atoms with van der Waals surface area (Å²) < 4.78 is 18.8. The third-order valence-electron chi connectivity index (χ3n) is 4.19. The van der Waals surface area contributed by atoms with Gasteiger partial charge >= 0.3 is 5.97 Å². The molecule has 29 heavy (non-hydrogen) atoms. The van der Waals surface area contributed by atoms with Gasteiger partial charge in [-0.15, -0.1) is 11.3 Å². The van der Waals surface area contributed by atoms with Crippen LogP contribution in [0.3, 0.4) is 0 Å². The summed E-state index contributed by atoms with van der Waals surface area (Å²) in [5, 5.41) is 14.2. The minimum Gasteiger partial charge on any atom is -0.451 e. The predicted octanol–water partition coefficient (Wildman–Crippen LogP) is 5.01. The van der Waals surface area contributed by atoms with Gasteiger partial charge in [0.05, 0.1) is 9.95 Å². The number of rotatable bonds is 5. The molecule has 0 bridgehead atoms. The average molecular weight is 437 g/mol. The first kappa shape index (κ1) is 20.7. The van der Waals surface area contributed by atoms with Crippen LogP contribution in [-0.4, -0.2) is 23.4 Å². The fourth-order valence-electron chi connectivity index (χ4n) is 2.61. The van der Waals surface area contributed by atoms with E-state index in [0.717, 1.165) is 16.9 Å². The van der Waals surface area contributed by atoms with Crippen molar-refractivity contribution in [3.63, 3.8) is 0 Å². The van der Waals surface area contributed by atoms with Gasteiger partial charge < -0.3 is 10.1 Å². The number of esters is 1. The van der Waals surface area contributed by atoms with Crippen molar-refractivity contribution in [2.75, 3.05) is 11.9 Å². The van der Waals surface area contributed by atoms with E-state index in [2.05, 4.69) is 5.32 Å². The number of nitro benzene ring substituents is 1. The number of ether oxygens (including phenoxy) is 1. The molecule has 1 aromatic heterocycles. The molecule has 10 heteroatoms. The third-order valence-corrected chi connectivity index (χ3v) is 5.83. The lowest BCUT2D eigenvalue weighted by Gasteiger charge is -2.09. The number of nitro groups is 1. The molecule has 0 saturated heterocycles. The van der Waals surface area contributed by atoms with Gasteiger partial charge in [-0.05, 0) is 49.2 Å². The molecular formula is C19H14ClFN2O5S. The lowest BCUT2D eigenvalue weighted by molar-refractivity contribution is -0.384. The van der Waals surface area contributed by atoms with Crippen molar-refractivity contribution in [1.29, 1.82) is 0 Å². The second-order valence-electron chi connectivity index (χ2n) is 6.22. The maximum atomic E-state index is 13.3. The lowest BCUT2D eigenvalue weighted by Crippen LogP contribution is -2.21. The molecule has 0 aliphatic carbocycles. The summed E-state index contributed by atoms with van der Waals surface area (Å²) in [6, 6.07) is 6.75. The zero-order valence-corrected chi connectivity index (χ0v) is 16.8. The van der Waals surface area contributed by atoms with E-state index >= 15 is 0 Å². The van der Waals surface area contributed by atoms with E-state index < -0.39 is 29.2 Å². The van der Waals surface area contributed by atoms with E-state index in [1.807, 2.05) is 0 Å². The van der Waals surface area contributed by atoms with Crippen LogP contribution in [0.25, 0.3) is 10.1 Å². The summed E-state index contributed by atoms with van der Waals surface area (Å²) in [5.74, 6) is -2.06. The van der Waals surface area contributed by atoms with Crippen molar-refractivity contribution >= 4 is 56.3 Å². The topological polar surface area (TPSA) is 98.5 Å². The van der Waals surface area contributed by atoms with Crippen LogP contribution >= 0.6 is 22.9 Å². The number of carbonyl (C=O) groups is 2. The van der Waals surface area contributed by atoms with Crippen LogP contribution in [0.5, 0.6) is 0 Å². The second kappa shape index (κ2) is 8.14. The van der Waals surface area contributed by atoms with Crippen molar-refractivity contribution in [2.24, 2.45) is 0 Å². The highest BCUT2D eigenvalue weighted by atomic mass is 35.5. The van der Waals surface area contributed by atoms with Gasteiger partial charge in [-0.25, -0.2) is 9.18 Å². The smallest absolute Gasteiger partial charge is 0.350 e. The molecule has 0 atom stereocenters. The number of nitrogens with zero attached hydrogens (tertiary/aromatic N) is 1. The Kier molecular flexibility index (Phi) is 5.81. The molecule has 2 aromatic carbocycles. The monoisotopic (exact) mass is 436 g/mol. The van der Waals surface area contributed by atoms with E-state index in [0.29, 0.717) is 15.6 Å². The molecule has 0 spiro atoms. The Morgan fingerprint density at radius 2 is 1.93 bits per heavy atom. The Morgan fingerprint density at radius 3 is 2.62 bits per heavy atom. The number of aryl methyl sites for hydroxylation is 2. The molecule has 1 amide bonds. The SMILES string of the molecule is Cc1cc(NC(=O)COC(=O)c2sc3cc(F)ccc3c2Cl)c([N+](=O)[O-])cc1C. The summed E-state index contributed by atoms with van der Waals surface area (Å²) in [7, 11) is 0. The highest BCUT2D eigenvalue weighted by Gasteiger charge is 2.21. The molecule has 150 valence electrons. The minimum absolute atomic E-state index is 0.00881. The van der Waals surface area contributed by atoms with Crippen LogP contribution in [0.15, 0.2) is 30.3 Å². The van der Waals surface area contributed by atoms with E-state index in [9.17, 15) is 24.1 Å². The number of thiophene rings is 1. The van der Waals surface area contributed by atoms with Gasteiger partial charge in [0.15, 0.2) is 6.61 Å². The quantitative estimate of drug-likeness (QED) is 0.344. The molecule has 3 aromatic rings. The predicted molar refractivity (Wildman–Crippen MR) is 108 cm³/mol. The maximum Gasteiger partial charge on any atom is 0.350 e. The molecule has 0 aliphatic heterocycles. The van der Waals surface area contributed by atoms with Crippen molar-refractivity contribution in [2.45, 2.75) is 13.8 Å². The Bertz CT molecular complexity index is 1160. The van der Waals surface area contributed by atoms with Gasteiger partial charge in [-0.2, -0.15) is 0 Å².